The van der Waals surface area contributed by atoms with Crippen molar-refractivity contribution >= 4 is 22.2 Å². The largest absolute Gasteiger partial charge is 0.298 e. The summed E-state index contributed by atoms with van der Waals surface area (Å²) in [5.74, 6) is 0. The monoisotopic (exact) mass is 326 g/mol. The summed E-state index contributed by atoms with van der Waals surface area (Å²) in [6.07, 6.45) is 2.58. The van der Waals surface area contributed by atoms with Crippen LogP contribution in [-0.4, -0.2) is 16.1 Å². The van der Waals surface area contributed by atoms with Crippen molar-refractivity contribution in [2.45, 2.75) is 0 Å². The van der Waals surface area contributed by atoms with Gasteiger partial charge in [0.05, 0.1) is 11.3 Å². The van der Waals surface area contributed by atoms with Crippen molar-refractivity contribution in [3.8, 4) is 16.9 Å². The predicted molar refractivity (Wildman–Crippen MR) is 82.1 cm³/mol. The van der Waals surface area contributed by atoms with Crippen LogP contribution in [0, 0.1) is 0 Å². The summed E-state index contributed by atoms with van der Waals surface area (Å²) in [5, 5.41) is 4.53. The highest BCUT2D eigenvalue weighted by atomic mass is 79.9. The van der Waals surface area contributed by atoms with Gasteiger partial charge in [-0.3, -0.25) is 4.79 Å². The van der Waals surface area contributed by atoms with Gasteiger partial charge in [0.2, 0.25) is 0 Å². The van der Waals surface area contributed by atoms with Crippen LogP contribution < -0.4 is 0 Å². The second-order valence-corrected chi connectivity index (χ2v) is 5.26. The first-order valence-electron chi connectivity index (χ1n) is 6.14. The zero-order chi connectivity index (χ0) is 13.9. The number of nitrogens with zero attached hydrogens (tertiary/aromatic N) is 2. The van der Waals surface area contributed by atoms with E-state index in [1.807, 2.05) is 54.6 Å². The minimum absolute atomic E-state index is 0.576. The van der Waals surface area contributed by atoms with Crippen LogP contribution in [0.25, 0.3) is 16.9 Å². The Morgan fingerprint density at radius 2 is 1.85 bits per heavy atom. The van der Waals surface area contributed by atoms with E-state index in [1.54, 1.807) is 10.9 Å². The molecule has 3 nitrogen and oxygen atoms in total. The van der Waals surface area contributed by atoms with Crippen LogP contribution in [0.15, 0.2) is 65.3 Å². The summed E-state index contributed by atoms with van der Waals surface area (Å²) in [4.78, 5) is 11.3. The fourth-order valence-corrected chi connectivity index (χ4v) is 2.45. The second kappa shape index (κ2) is 5.43. The molecule has 1 heterocycles. The molecule has 0 N–H and O–H groups in total. The molecule has 0 unspecified atom stereocenters. The van der Waals surface area contributed by atoms with Gasteiger partial charge < -0.3 is 0 Å². The minimum atomic E-state index is 0.576. The first-order valence-corrected chi connectivity index (χ1v) is 6.93. The lowest BCUT2D eigenvalue weighted by Crippen LogP contribution is -1.93. The van der Waals surface area contributed by atoms with E-state index in [0.717, 1.165) is 22.0 Å². The van der Waals surface area contributed by atoms with Crippen LogP contribution in [0.2, 0.25) is 0 Å². The van der Waals surface area contributed by atoms with E-state index in [4.69, 9.17) is 0 Å². The second-order valence-electron chi connectivity index (χ2n) is 4.34. The fourth-order valence-electron chi connectivity index (χ4n) is 2.05. The number of halogens is 1. The Balaban J connectivity index is 2.13. The highest BCUT2D eigenvalue weighted by Gasteiger charge is 2.11. The molecule has 3 rings (SSSR count). The van der Waals surface area contributed by atoms with Crippen molar-refractivity contribution in [2.75, 3.05) is 0 Å². The van der Waals surface area contributed by atoms with E-state index in [-0.39, 0.29) is 0 Å². The summed E-state index contributed by atoms with van der Waals surface area (Å²) in [6.45, 7) is 0. The highest BCUT2D eigenvalue weighted by Crippen LogP contribution is 2.25. The molecule has 4 heteroatoms. The fraction of sp³-hybridized carbons (Fsp3) is 0. The molecule has 2 aromatic carbocycles. The zero-order valence-electron chi connectivity index (χ0n) is 10.5. The molecule has 0 saturated heterocycles. The molecule has 0 spiro atoms. The van der Waals surface area contributed by atoms with E-state index >= 15 is 0 Å². The molecular formula is C16H11BrN2O. The molecule has 0 saturated carbocycles. The Bertz CT molecular complexity index is 750. The summed E-state index contributed by atoms with van der Waals surface area (Å²) in [6, 6.07) is 17.5. The van der Waals surface area contributed by atoms with Crippen LogP contribution in [-0.2, 0) is 0 Å². The number of hydrogen-bond donors (Lipinski definition) is 0. The molecule has 0 atom stereocenters. The number of aldehydes is 1. The molecule has 98 valence electrons. The van der Waals surface area contributed by atoms with Gasteiger partial charge in [0.1, 0.15) is 5.69 Å². The van der Waals surface area contributed by atoms with Gasteiger partial charge in [0.25, 0.3) is 0 Å². The molecule has 1 aromatic heterocycles. The third kappa shape index (κ3) is 2.42. The number of para-hydroxylation sites is 1. The zero-order valence-corrected chi connectivity index (χ0v) is 12.1. The van der Waals surface area contributed by atoms with Crippen molar-refractivity contribution in [2.24, 2.45) is 0 Å². The SMILES string of the molecule is O=Cc1cn(-c2ccccc2)nc1-c1cccc(Br)c1. The quantitative estimate of drug-likeness (QED) is 0.679. The van der Waals surface area contributed by atoms with Crippen LogP contribution in [0.5, 0.6) is 0 Å². The molecule has 0 aliphatic carbocycles. The molecule has 0 aliphatic heterocycles. The van der Waals surface area contributed by atoms with Crippen molar-refractivity contribution in [1.29, 1.82) is 0 Å². The number of benzene rings is 2. The molecule has 0 radical (unpaired) electrons. The van der Waals surface area contributed by atoms with E-state index < -0.39 is 0 Å². The molecule has 0 aliphatic rings. The predicted octanol–water partition coefficient (Wildman–Crippen LogP) is 4.11. The van der Waals surface area contributed by atoms with Crippen LogP contribution >= 0.6 is 15.9 Å². The molecule has 20 heavy (non-hydrogen) atoms. The first kappa shape index (κ1) is 12.8. The average Bonchev–Trinajstić information content (AvgIpc) is 2.92. The summed E-state index contributed by atoms with van der Waals surface area (Å²) >= 11 is 3.43. The third-order valence-electron chi connectivity index (χ3n) is 2.99. The van der Waals surface area contributed by atoms with Gasteiger partial charge in [0.15, 0.2) is 6.29 Å². The van der Waals surface area contributed by atoms with Crippen LogP contribution in [0.4, 0.5) is 0 Å². The Labute approximate surface area is 125 Å². The van der Waals surface area contributed by atoms with E-state index in [9.17, 15) is 4.79 Å². The Kier molecular flexibility index (Phi) is 3.48. The molecule has 0 fully saturated rings. The summed E-state index contributed by atoms with van der Waals surface area (Å²) < 4.78 is 2.68. The smallest absolute Gasteiger partial charge is 0.153 e. The number of carbonyl (C=O) groups excluding carboxylic acids is 1. The van der Waals surface area contributed by atoms with Crippen molar-refractivity contribution in [1.82, 2.24) is 9.78 Å². The van der Waals surface area contributed by atoms with Crippen molar-refractivity contribution in [3.63, 3.8) is 0 Å². The number of hydrogen-bond acceptors (Lipinski definition) is 2. The van der Waals surface area contributed by atoms with Gasteiger partial charge in [-0.2, -0.15) is 5.10 Å². The maximum absolute atomic E-state index is 11.3. The number of aromatic nitrogens is 2. The van der Waals surface area contributed by atoms with Crippen molar-refractivity contribution in [3.05, 3.63) is 70.8 Å². The normalized spacial score (nSPS) is 10.4. The lowest BCUT2D eigenvalue weighted by Gasteiger charge is -2.00. The van der Waals surface area contributed by atoms with Gasteiger partial charge in [-0.25, -0.2) is 4.68 Å². The Morgan fingerprint density at radius 3 is 2.55 bits per heavy atom. The first-order chi connectivity index (χ1) is 9.78. The summed E-state index contributed by atoms with van der Waals surface area (Å²) in [7, 11) is 0. The molecule has 3 aromatic rings. The average molecular weight is 327 g/mol. The minimum Gasteiger partial charge on any atom is -0.298 e. The maximum atomic E-state index is 11.3. The Morgan fingerprint density at radius 1 is 1.05 bits per heavy atom. The lowest BCUT2D eigenvalue weighted by atomic mass is 10.1. The van der Waals surface area contributed by atoms with Gasteiger partial charge in [-0.05, 0) is 24.3 Å². The van der Waals surface area contributed by atoms with E-state index in [2.05, 4.69) is 21.0 Å². The molecular weight excluding hydrogens is 316 g/mol. The third-order valence-corrected chi connectivity index (χ3v) is 3.48. The molecule has 0 bridgehead atoms. The topological polar surface area (TPSA) is 34.9 Å². The number of carbonyl (C=O) groups is 1. The van der Waals surface area contributed by atoms with Gasteiger partial charge in [0, 0.05) is 16.2 Å². The van der Waals surface area contributed by atoms with E-state index in [1.165, 1.54) is 0 Å². The number of rotatable bonds is 3. The summed E-state index contributed by atoms with van der Waals surface area (Å²) in [5.41, 5.74) is 3.10. The van der Waals surface area contributed by atoms with Gasteiger partial charge in [-0.1, -0.05) is 46.3 Å². The lowest BCUT2D eigenvalue weighted by molar-refractivity contribution is 0.112. The maximum Gasteiger partial charge on any atom is 0.153 e. The van der Waals surface area contributed by atoms with Gasteiger partial charge in [-0.15, -0.1) is 0 Å². The standard InChI is InChI=1S/C16H11BrN2O/c17-14-6-4-5-12(9-14)16-13(11-20)10-19(18-16)15-7-2-1-3-8-15/h1-11H. The van der Waals surface area contributed by atoms with E-state index in [0.29, 0.717) is 11.3 Å². The van der Waals surface area contributed by atoms with Crippen molar-refractivity contribution < 1.29 is 4.79 Å². The highest BCUT2D eigenvalue weighted by molar-refractivity contribution is 9.10. The Hall–Kier alpha value is -2.20. The van der Waals surface area contributed by atoms with Crippen LogP contribution in [0.1, 0.15) is 10.4 Å². The van der Waals surface area contributed by atoms with Crippen LogP contribution in [0.3, 0.4) is 0 Å². The molecule has 0 amide bonds. The van der Waals surface area contributed by atoms with Gasteiger partial charge >= 0.3 is 0 Å².